The largest absolute Gasteiger partial charge is 0.444 e. The first-order valence-corrected chi connectivity index (χ1v) is 6.51. The van der Waals surface area contributed by atoms with Crippen molar-refractivity contribution in [3.8, 4) is 0 Å². The van der Waals surface area contributed by atoms with E-state index in [1.165, 1.54) is 0 Å². The molecule has 1 aliphatic rings. The number of hydrogen-bond acceptors (Lipinski definition) is 3. The Balaban J connectivity index is 2.41. The third-order valence-electron chi connectivity index (χ3n) is 3.01. The number of amides is 1. The minimum Gasteiger partial charge on any atom is -0.444 e. The van der Waals surface area contributed by atoms with E-state index in [9.17, 15) is 9.90 Å². The first kappa shape index (κ1) is 14.3. The van der Waals surface area contributed by atoms with Crippen molar-refractivity contribution in [2.45, 2.75) is 64.5 Å². The second-order valence-electron chi connectivity index (χ2n) is 5.91. The minimum atomic E-state index is -0.453. The van der Waals surface area contributed by atoms with E-state index in [0.29, 0.717) is 5.92 Å². The van der Waals surface area contributed by atoms with E-state index in [1.54, 1.807) is 0 Å². The van der Waals surface area contributed by atoms with Crippen molar-refractivity contribution >= 4 is 6.09 Å². The van der Waals surface area contributed by atoms with Crippen LogP contribution in [-0.4, -0.2) is 29.4 Å². The Morgan fingerprint density at radius 2 is 2.00 bits per heavy atom. The summed E-state index contributed by atoms with van der Waals surface area (Å²) in [7, 11) is 0. The van der Waals surface area contributed by atoms with Gasteiger partial charge in [-0.05, 0) is 46.0 Å². The molecule has 1 aliphatic carbocycles. The van der Waals surface area contributed by atoms with E-state index >= 15 is 0 Å². The van der Waals surface area contributed by atoms with Crippen LogP contribution in [0.1, 0.15) is 52.9 Å². The van der Waals surface area contributed by atoms with Crippen LogP contribution in [0.5, 0.6) is 0 Å². The summed E-state index contributed by atoms with van der Waals surface area (Å²) in [5.74, 6) is 0.317. The summed E-state index contributed by atoms with van der Waals surface area (Å²) in [5, 5.41) is 12.1. The molecule has 1 rings (SSSR count). The molecule has 2 N–H and O–H groups in total. The maximum absolute atomic E-state index is 11.6. The SMILES string of the molecule is CC(C)(C)OC(=O)NC1CCCCC(CO)C1. The van der Waals surface area contributed by atoms with Gasteiger partial charge in [0.25, 0.3) is 0 Å². The van der Waals surface area contributed by atoms with Crippen molar-refractivity contribution < 1.29 is 14.6 Å². The van der Waals surface area contributed by atoms with Gasteiger partial charge in [0.2, 0.25) is 0 Å². The highest BCUT2D eigenvalue weighted by Gasteiger charge is 2.23. The molecule has 0 aromatic heterocycles. The maximum Gasteiger partial charge on any atom is 0.407 e. The molecule has 4 nitrogen and oxygen atoms in total. The van der Waals surface area contributed by atoms with E-state index in [1.807, 2.05) is 20.8 Å². The highest BCUT2D eigenvalue weighted by Crippen LogP contribution is 2.23. The molecule has 1 amide bonds. The summed E-state index contributed by atoms with van der Waals surface area (Å²) in [6, 6.07) is 0.143. The Morgan fingerprint density at radius 3 is 2.59 bits per heavy atom. The zero-order valence-corrected chi connectivity index (χ0v) is 11.2. The fraction of sp³-hybridized carbons (Fsp3) is 0.923. The molecule has 0 radical (unpaired) electrons. The van der Waals surface area contributed by atoms with Crippen LogP contribution in [0, 0.1) is 5.92 Å². The molecule has 17 heavy (non-hydrogen) atoms. The molecule has 0 aromatic rings. The number of aliphatic hydroxyl groups is 1. The lowest BCUT2D eigenvalue weighted by atomic mass is 9.99. The van der Waals surface area contributed by atoms with E-state index < -0.39 is 5.60 Å². The standard InChI is InChI=1S/C13H25NO3/c1-13(2,3)17-12(16)14-11-7-5-4-6-10(8-11)9-15/h10-11,15H,4-9H2,1-3H3,(H,14,16). The summed E-state index contributed by atoms with van der Waals surface area (Å²) in [6.07, 6.45) is 4.80. The summed E-state index contributed by atoms with van der Waals surface area (Å²) in [5.41, 5.74) is -0.453. The average molecular weight is 243 g/mol. The molecule has 0 spiro atoms. The molecule has 100 valence electrons. The van der Waals surface area contributed by atoms with Crippen molar-refractivity contribution in [1.82, 2.24) is 5.32 Å². The second-order valence-corrected chi connectivity index (χ2v) is 5.91. The van der Waals surface area contributed by atoms with Crippen LogP contribution in [0.3, 0.4) is 0 Å². The van der Waals surface area contributed by atoms with Crippen LogP contribution >= 0.6 is 0 Å². The van der Waals surface area contributed by atoms with E-state index in [-0.39, 0.29) is 18.7 Å². The number of ether oxygens (including phenoxy) is 1. The molecule has 1 fully saturated rings. The van der Waals surface area contributed by atoms with Gasteiger partial charge in [-0.2, -0.15) is 0 Å². The lowest BCUT2D eigenvalue weighted by Crippen LogP contribution is -2.39. The van der Waals surface area contributed by atoms with Gasteiger partial charge in [-0.3, -0.25) is 0 Å². The topological polar surface area (TPSA) is 58.6 Å². The molecule has 1 saturated carbocycles. The maximum atomic E-state index is 11.6. The van der Waals surface area contributed by atoms with Crippen molar-refractivity contribution in [3.05, 3.63) is 0 Å². The molecular weight excluding hydrogens is 218 g/mol. The summed E-state index contributed by atoms with van der Waals surface area (Å²) in [4.78, 5) is 11.6. The molecule has 0 aromatic carbocycles. The Kier molecular flexibility index (Phi) is 5.25. The number of nitrogens with one attached hydrogen (secondary N) is 1. The van der Waals surface area contributed by atoms with Crippen molar-refractivity contribution in [2.75, 3.05) is 6.61 Å². The number of hydrogen-bond donors (Lipinski definition) is 2. The van der Waals surface area contributed by atoms with Gasteiger partial charge in [-0.15, -0.1) is 0 Å². The first-order chi connectivity index (χ1) is 7.90. The monoisotopic (exact) mass is 243 g/mol. The third-order valence-corrected chi connectivity index (χ3v) is 3.01. The van der Waals surface area contributed by atoms with Crippen LogP contribution in [0.2, 0.25) is 0 Å². The average Bonchev–Trinajstić information content (AvgIpc) is 2.39. The number of carbonyl (C=O) groups excluding carboxylic acids is 1. The van der Waals surface area contributed by atoms with Gasteiger partial charge >= 0.3 is 6.09 Å². The van der Waals surface area contributed by atoms with Crippen LogP contribution in [0.15, 0.2) is 0 Å². The van der Waals surface area contributed by atoms with Crippen molar-refractivity contribution in [1.29, 1.82) is 0 Å². The van der Waals surface area contributed by atoms with Crippen LogP contribution in [0.4, 0.5) is 4.79 Å². The minimum absolute atomic E-state index is 0.143. The van der Waals surface area contributed by atoms with Crippen LogP contribution < -0.4 is 5.32 Å². The number of alkyl carbamates (subject to hydrolysis) is 1. The van der Waals surface area contributed by atoms with E-state index in [0.717, 1.165) is 32.1 Å². The quantitative estimate of drug-likeness (QED) is 0.732. The lowest BCUT2D eigenvalue weighted by molar-refractivity contribution is 0.0492. The van der Waals surface area contributed by atoms with Gasteiger partial charge in [0, 0.05) is 12.6 Å². The normalized spacial score (nSPS) is 26.1. The van der Waals surface area contributed by atoms with E-state index in [4.69, 9.17) is 4.74 Å². The predicted octanol–water partition coefficient (Wildman–Crippen LogP) is 2.45. The van der Waals surface area contributed by atoms with Gasteiger partial charge in [-0.1, -0.05) is 12.8 Å². The van der Waals surface area contributed by atoms with Gasteiger partial charge in [0.1, 0.15) is 5.60 Å². The van der Waals surface area contributed by atoms with Gasteiger partial charge in [0.05, 0.1) is 0 Å². The Hall–Kier alpha value is -0.770. The lowest BCUT2D eigenvalue weighted by Gasteiger charge is -2.24. The first-order valence-electron chi connectivity index (χ1n) is 6.51. The summed E-state index contributed by atoms with van der Waals surface area (Å²) < 4.78 is 5.24. The molecule has 2 unspecified atom stereocenters. The smallest absolute Gasteiger partial charge is 0.407 e. The highest BCUT2D eigenvalue weighted by molar-refractivity contribution is 5.68. The Labute approximate surface area is 104 Å². The number of rotatable bonds is 2. The molecule has 0 saturated heterocycles. The second kappa shape index (κ2) is 6.24. The van der Waals surface area contributed by atoms with Gasteiger partial charge in [0.15, 0.2) is 0 Å². The molecule has 0 heterocycles. The number of carbonyl (C=O) groups is 1. The molecule has 0 bridgehead atoms. The molecule has 0 aliphatic heterocycles. The summed E-state index contributed by atoms with van der Waals surface area (Å²) in [6.45, 7) is 5.79. The van der Waals surface area contributed by atoms with Gasteiger partial charge in [-0.25, -0.2) is 4.79 Å². The number of aliphatic hydroxyl groups excluding tert-OH is 1. The van der Waals surface area contributed by atoms with Gasteiger partial charge < -0.3 is 15.2 Å². The van der Waals surface area contributed by atoms with Crippen LogP contribution in [0.25, 0.3) is 0 Å². The Morgan fingerprint density at radius 1 is 1.35 bits per heavy atom. The Bertz CT molecular complexity index is 248. The predicted molar refractivity (Wildman–Crippen MR) is 66.8 cm³/mol. The molecular formula is C13H25NO3. The zero-order chi connectivity index (χ0) is 12.9. The van der Waals surface area contributed by atoms with Crippen LogP contribution in [-0.2, 0) is 4.74 Å². The molecule has 4 heteroatoms. The van der Waals surface area contributed by atoms with Crippen molar-refractivity contribution in [3.63, 3.8) is 0 Å². The highest BCUT2D eigenvalue weighted by atomic mass is 16.6. The third kappa shape index (κ3) is 5.91. The fourth-order valence-electron chi connectivity index (χ4n) is 2.23. The van der Waals surface area contributed by atoms with E-state index in [2.05, 4.69) is 5.32 Å². The van der Waals surface area contributed by atoms with Crippen molar-refractivity contribution in [2.24, 2.45) is 5.92 Å². The summed E-state index contributed by atoms with van der Waals surface area (Å²) >= 11 is 0. The zero-order valence-electron chi connectivity index (χ0n) is 11.2. The molecule has 2 atom stereocenters. The fourth-order valence-corrected chi connectivity index (χ4v) is 2.23.